The topological polar surface area (TPSA) is 68.0 Å². The monoisotopic (exact) mass is 337 g/mol. The molecule has 1 aromatic carbocycles. The Hall–Kier alpha value is -1.53. The van der Waals surface area contributed by atoms with Gasteiger partial charge in [0.05, 0.1) is 11.8 Å². The smallest absolute Gasteiger partial charge is 0.277 e. The average molecular weight is 338 g/mol. The summed E-state index contributed by atoms with van der Waals surface area (Å²) >= 11 is 7.21. The van der Waals surface area contributed by atoms with Crippen molar-refractivity contribution in [3.63, 3.8) is 0 Å². The second-order valence-electron chi connectivity index (χ2n) is 5.31. The van der Waals surface area contributed by atoms with Gasteiger partial charge in [-0.25, -0.2) is 0 Å². The Morgan fingerprint density at radius 2 is 2.32 bits per heavy atom. The summed E-state index contributed by atoms with van der Waals surface area (Å²) in [5, 5.41) is 12.0. The van der Waals surface area contributed by atoms with E-state index < -0.39 is 0 Å². The van der Waals surface area contributed by atoms with Crippen LogP contribution in [-0.4, -0.2) is 21.9 Å². The number of aromatic nitrogens is 2. The molecular weight excluding hydrogens is 322 g/mol. The molecule has 1 aliphatic carbocycles. The van der Waals surface area contributed by atoms with E-state index in [2.05, 4.69) is 15.5 Å². The predicted octanol–water partition coefficient (Wildman–Crippen LogP) is 3.57. The number of amides is 1. The van der Waals surface area contributed by atoms with Crippen LogP contribution in [0.15, 0.2) is 33.9 Å². The summed E-state index contributed by atoms with van der Waals surface area (Å²) in [5.74, 6) is 1.29. The van der Waals surface area contributed by atoms with E-state index in [9.17, 15) is 4.79 Å². The maximum absolute atomic E-state index is 12.0. The van der Waals surface area contributed by atoms with Crippen LogP contribution in [-0.2, 0) is 4.79 Å². The van der Waals surface area contributed by atoms with Crippen molar-refractivity contribution in [1.82, 2.24) is 15.5 Å². The molecule has 0 aliphatic heterocycles. The number of rotatable bonds is 6. The molecule has 116 valence electrons. The van der Waals surface area contributed by atoms with Gasteiger partial charge in [-0.05, 0) is 37.5 Å². The number of thioether (sulfide) groups is 1. The van der Waals surface area contributed by atoms with Gasteiger partial charge in [-0.2, -0.15) is 0 Å². The van der Waals surface area contributed by atoms with E-state index in [1.54, 1.807) is 0 Å². The zero-order chi connectivity index (χ0) is 15.5. The van der Waals surface area contributed by atoms with Crippen LogP contribution in [0, 0.1) is 0 Å². The van der Waals surface area contributed by atoms with Crippen LogP contribution in [0.3, 0.4) is 0 Å². The van der Waals surface area contributed by atoms with Gasteiger partial charge in [0, 0.05) is 10.9 Å². The van der Waals surface area contributed by atoms with Crippen LogP contribution >= 0.6 is 23.4 Å². The second-order valence-corrected chi connectivity index (χ2v) is 6.68. The highest BCUT2D eigenvalue weighted by molar-refractivity contribution is 7.99. The minimum absolute atomic E-state index is 0.0800. The molecule has 0 saturated heterocycles. The summed E-state index contributed by atoms with van der Waals surface area (Å²) in [6, 6.07) is 7.36. The lowest BCUT2D eigenvalue weighted by molar-refractivity contribution is -0.119. The molecular formula is C15H16ClN3O2S. The van der Waals surface area contributed by atoms with Gasteiger partial charge in [0.2, 0.25) is 11.8 Å². The molecule has 1 aliphatic rings. The molecule has 22 heavy (non-hydrogen) atoms. The third kappa shape index (κ3) is 4.01. The first-order valence-corrected chi connectivity index (χ1v) is 8.49. The molecule has 1 amide bonds. The molecule has 1 N–H and O–H groups in total. The second kappa shape index (κ2) is 6.71. The third-order valence-electron chi connectivity index (χ3n) is 3.40. The van der Waals surface area contributed by atoms with Crippen LogP contribution in [0.2, 0.25) is 5.02 Å². The molecule has 0 unspecified atom stereocenters. The van der Waals surface area contributed by atoms with Crippen LogP contribution in [0.25, 0.3) is 0 Å². The number of carbonyl (C=O) groups is 1. The highest BCUT2D eigenvalue weighted by Crippen LogP contribution is 2.39. The molecule has 3 rings (SSSR count). The lowest BCUT2D eigenvalue weighted by Gasteiger charge is -2.14. The first kappa shape index (κ1) is 15.4. The van der Waals surface area contributed by atoms with E-state index in [4.69, 9.17) is 16.0 Å². The summed E-state index contributed by atoms with van der Waals surface area (Å²) in [6.07, 6.45) is 2.23. The van der Waals surface area contributed by atoms with Gasteiger partial charge in [0.1, 0.15) is 0 Å². The fourth-order valence-electron chi connectivity index (χ4n) is 2.04. The largest absolute Gasteiger partial charge is 0.416 e. The van der Waals surface area contributed by atoms with Gasteiger partial charge in [-0.15, -0.1) is 10.2 Å². The van der Waals surface area contributed by atoms with E-state index >= 15 is 0 Å². The minimum atomic E-state index is -0.100. The third-order valence-corrected chi connectivity index (χ3v) is 4.46. The highest BCUT2D eigenvalue weighted by Gasteiger charge is 2.29. The number of benzene rings is 1. The van der Waals surface area contributed by atoms with E-state index in [1.165, 1.54) is 11.8 Å². The molecule has 1 heterocycles. The number of nitrogens with one attached hydrogen (secondary N) is 1. The molecule has 0 radical (unpaired) electrons. The van der Waals surface area contributed by atoms with Crippen molar-refractivity contribution in [1.29, 1.82) is 0 Å². The first-order chi connectivity index (χ1) is 10.6. The maximum Gasteiger partial charge on any atom is 0.277 e. The maximum atomic E-state index is 12.0. The van der Waals surface area contributed by atoms with E-state index in [0.717, 1.165) is 18.4 Å². The Labute approximate surface area is 137 Å². The van der Waals surface area contributed by atoms with Gasteiger partial charge < -0.3 is 9.73 Å². The van der Waals surface area contributed by atoms with E-state index in [-0.39, 0.29) is 17.7 Å². The Morgan fingerprint density at radius 1 is 1.50 bits per heavy atom. The molecule has 1 fully saturated rings. The zero-order valence-electron chi connectivity index (χ0n) is 12.1. The Bertz CT molecular complexity index is 672. The standard InChI is InChI=1S/C15H16ClN3O2S/c1-9(11-3-2-4-12(16)7-11)17-13(20)8-22-15-19-18-14(21-15)10-5-6-10/h2-4,7,9-10H,5-6,8H2,1H3,(H,17,20)/t9-/m0/s1. The van der Waals surface area contributed by atoms with Crippen molar-refractivity contribution >= 4 is 29.3 Å². The number of hydrogen-bond donors (Lipinski definition) is 1. The summed E-state index contributed by atoms with van der Waals surface area (Å²) in [6.45, 7) is 1.92. The molecule has 1 atom stereocenters. The van der Waals surface area contributed by atoms with Gasteiger partial charge in [-0.1, -0.05) is 35.5 Å². The molecule has 0 bridgehead atoms. The number of halogens is 1. The number of carbonyl (C=O) groups excluding carboxylic acids is 1. The molecule has 1 saturated carbocycles. The normalized spacial score (nSPS) is 15.5. The van der Waals surface area contributed by atoms with Gasteiger partial charge in [0.15, 0.2) is 0 Å². The summed E-state index contributed by atoms with van der Waals surface area (Å²) in [4.78, 5) is 12.0. The van der Waals surface area contributed by atoms with Gasteiger partial charge in [-0.3, -0.25) is 4.79 Å². The van der Waals surface area contributed by atoms with E-state index in [0.29, 0.717) is 22.1 Å². The minimum Gasteiger partial charge on any atom is -0.416 e. The number of hydrogen-bond acceptors (Lipinski definition) is 5. The fraction of sp³-hybridized carbons (Fsp3) is 0.400. The van der Waals surface area contributed by atoms with Crippen molar-refractivity contribution in [2.45, 2.75) is 36.9 Å². The van der Waals surface area contributed by atoms with Crippen LogP contribution in [0.1, 0.15) is 43.2 Å². The predicted molar refractivity (Wildman–Crippen MR) is 85.0 cm³/mol. The SMILES string of the molecule is C[C@H](NC(=O)CSc1nnc(C2CC2)o1)c1cccc(Cl)c1. The van der Waals surface area contributed by atoms with Crippen molar-refractivity contribution in [2.75, 3.05) is 5.75 Å². The molecule has 2 aromatic rings. The van der Waals surface area contributed by atoms with Crippen LogP contribution in [0.5, 0.6) is 0 Å². The van der Waals surface area contributed by atoms with Crippen molar-refractivity contribution in [2.24, 2.45) is 0 Å². The summed E-state index contributed by atoms with van der Waals surface area (Å²) in [7, 11) is 0. The molecule has 7 heteroatoms. The fourth-order valence-corrected chi connectivity index (χ4v) is 2.82. The Balaban J connectivity index is 1.49. The van der Waals surface area contributed by atoms with Crippen LogP contribution in [0.4, 0.5) is 0 Å². The average Bonchev–Trinajstić information content (AvgIpc) is 3.24. The summed E-state index contributed by atoms with van der Waals surface area (Å²) in [5.41, 5.74) is 0.972. The van der Waals surface area contributed by atoms with E-state index in [1.807, 2.05) is 31.2 Å². The van der Waals surface area contributed by atoms with Gasteiger partial charge >= 0.3 is 0 Å². The zero-order valence-corrected chi connectivity index (χ0v) is 13.7. The van der Waals surface area contributed by atoms with Crippen molar-refractivity contribution < 1.29 is 9.21 Å². The van der Waals surface area contributed by atoms with Crippen molar-refractivity contribution in [3.8, 4) is 0 Å². The van der Waals surface area contributed by atoms with Gasteiger partial charge in [0.25, 0.3) is 5.22 Å². The lowest BCUT2D eigenvalue weighted by atomic mass is 10.1. The molecule has 5 nitrogen and oxygen atoms in total. The quantitative estimate of drug-likeness (QED) is 0.816. The summed E-state index contributed by atoms with van der Waals surface area (Å²) < 4.78 is 5.51. The molecule has 0 spiro atoms. The van der Waals surface area contributed by atoms with Crippen LogP contribution < -0.4 is 5.32 Å². The Kier molecular flexibility index (Phi) is 4.69. The Morgan fingerprint density at radius 3 is 3.05 bits per heavy atom. The first-order valence-electron chi connectivity index (χ1n) is 7.13. The van der Waals surface area contributed by atoms with Crippen molar-refractivity contribution in [3.05, 3.63) is 40.7 Å². The number of nitrogens with zero attached hydrogens (tertiary/aromatic N) is 2. The lowest BCUT2D eigenvalue weighted by Crippen LogP contribution is -2.28. The molecule has 1 aromatic heterocycles. The highest BCUT2D eigenvalue weighted by atomic mass is 35.5.